The lowest BCUT2D eigenvalue weighted by atomic mass is 10.0. The smallest absolute Gasteiger partial charge is 0.302 e. The van der Waals surface area contributed by atoms with Crippen molar-refractivity contribution in [2.24, 2.45) is 7.05 Å². The first kappa shape index (κ1) is 25.5. The van der Waals surface area contributed by atoms with Gasteiger partial charge in [0, 0.05) is 62.2 Å². The van der Waals surface area contributed by atoms with Crippen molar-refractivity contribution in [3.63, 3.8) is 0 Å². The molecule has 0 spiro atoms. The highest BCUT2D eigenvalue weighted by atomic mass is 19.3. The Kier molecular flexibility index (Phi) is 6.92. The lowest BCUT2D eigenvalue weighted by molar-refractivity contribution is -0.131. The number of anilines is 1. The molecule has 36 heavy (non-hydrogen) atoms. The maximum absolute atomic E-state index is 14.3. The lowest BCUT2D eigenvalue weighted by Gasteiger charge is -2.22. The van der Waals surface area contributed by atoms with Gasteiger partial charge in [-0.1, -0.05) is 0 Å². The zero-order valence-corrected chi connectivity index (χ0v) is 20.8. The molecular weight excluding hydrogens is 473 g/mol. The van der Waals surface area contributed by atoms with E-state index >= 15 is 0 Å². The number of methoxy groups -OCH3 is 1. The molecule has 192 valence electrons. The fourth-order valence-corrected chi connectivity index (χ4v) is 4.49. The van der Waals surface area contributed by atoms with Crippen molar-refractivity contribution in [1.82, 2.24) is 24.4 Å². The highest BCUT2D eigenvalue weighted by molar-refractivity contribution is 5.83. The van der Waals surface area contributed by atoms with Crippen molar-refractivity contribution >= 4 is 11.7 Å². The lowest BCUT2D eigenvalue weighted by Crippen LogP contribution is -2.34. The summed E-state index contributed by atoms with van der Waals surface area (Å²) in [5.74, 6) is -3.90. The minimum Gasteiger partial charge on any atom is -0.481 e. The van der Waals surface area contributed by atoms with Crippen LogP contribution in [0, 0.1) is 12.7 Å². The number of hydrogen-bond acceptors (Lipinski definition) is 6. The number of imidazole rings is 1. The van der Waals surface area contributed by atoms with Gasteiger partial charge in [-0.25, -0.2) is 19.3 Å². The zero-order chi connectivity index (χ0) is 26.2. The fourth-order valence-electron chi connectivity index (χ4n) is 4.49. The van der Waals surface area contributed by atoms with Crippen LogP contribution in [0.15, 0.2) is 30.6 Å². The molecule has 1 unspecified atom stereocenters. The van der Waals surface area contributed by atoms with Crippen LogP contribution in [0.1, 0.15) is 43.3 Å². The molecule has 1 aliphatic rings. The van der Waals surface area contributed by atoms with E-state index in [0.29, 0.717) is 42.3 Å². The molecule has 4 rings (SSSR count). The normalized spacial score (nSPS) is 16.8. The van der Waals surface area contributed by atoms with Crippen molar-refractivity contribution in [3.8, 4) is 17.1 Å². The summed E-state index contributed by atoms with van der Waals surface area (Å²) in [6.45, 7) is 5.26. The summed E-state index contributed by atoms with van der Waals surface area (Å²) in [5.41, 5.74) is 1.98. The van der Waals surface area contributed by atoms with Gasteiger partial charge in [-0.05, 0) is 32.4 Å². The Balaban J connectivity index is 1.42. The third-order valence-corrected chi connectivity index (χ3v) is 6.39. The van der Waals surface area contributed by atoms with Crippen LogP contribution >= 0.6 is 0 Å². The quantitative estimate of drug-likeness (QED) is 0.520. The number of ether oxygens (including phenoxy) is 1. The molecule has 1 saturated heterocycles. The number of carbonyl (C=O) groups excluding carboxylic acids is 1. The summed E-state index contributed by atoms with van der Waals surface area (Å²) in [4.78, 5) is 27.3. The van der Waals surface area contributed by atoms with Crippen LogP contribution in [0.3, 0.4) is 0 Å². The van der Waals surface area contributed by atoms with Gasteiger partial charge in [0.15, 0.2) is 5.82 Å². The summed E-state index contributed by atoms with van der Waals surface area (Å²) >= 11 is 0. The number of likely N-dealkylation sites (tertiary alicyclic amines) is 1. The maximum Gasteiger partial charge on any atom is 0.302 e. The Morgan fingerprint density at radius 3 is 2.69 bits per heavy atom. The molecule has 2 atom stereocenters. The number of aromatic nitrogens is 4. The molecule has 4 heterocycles. The third-order valence-electron chi connectivity index (χ3n) is 6.39. The molecule has 1 aliphatic heterocycles. The van der Waals surface area contributed by atoms with E-state index in [9.17, 15) is 18.0 Å². The fraction of sp³-hybridized carbons (Fsp3) is 0.440. The molecule has 1 amide bonds. The maximum atomic E-state index is 14.3. The predicted molar refractivity (Wildman–Crippen MR) is 129 cm³/mol. The van der Waals surface area contributed by atoms with Crippen molar-refractivity contribution < 1.29 is 22.7 Å². The van der Waals surface area contributed by atoms with Gasteiger partial charge in [0.05, 0.1) is 24.9 Å². The first-order chi connectivity index (χ1) is 17.0. The van der Waals surface area contributed by atoms with Crippen molar-refractivity contribution in [2.75, 3.05) is 25.5 Å². The van der Waals surface area contributed by atoms with E-state index in [0.717, 1.165) is 13.1 Å². The predicted octanol–water partition coefficient (Wildman–Crippen LogP) is 4.26. The number of hydrogen-bond donors (Lipinski definition) is 1. The molecule has 3 aromatic rings. The average Bonchev–Trinajstić information content (AvgIpc) is 3.45. The standard InChI is InChI=1S/C25H29F3N6O2/c1-14(18-10-22(36-5)29-11-19(18)26)23(35)34-9-8-16(12-34)31-21-7-6-17(15(2)30-21)20-13-33(4)24(32-20)25(3,27)28/h6-7,10-11,13-14,16H,8-9,12H2,1-5H3,(H,30,31)/t14?,16-/m0/s1. The molecule has 1 N–H and O–H groups in total. The van der Waals surface area contributed by atoms with Crippen LogP contribution in [0.2, 0.25) is 0 Å². The molecule has 1 fully saturated rings. The molecule has 8 nitrogen and oxygen atoms in total. The van der Waals surface area contributed by atoms with Crippen LogP contribution in [0.4, 0.5) is 19.0 Å². The van der Waals surface area contributed by atoms with Crippen LogP contribution in [0.25, 0.3) is 11.3 Å². The van der Waals surface area contributed by atoms with Crippen LogP contribution in [-0.2, 0) is 17.8 Å². The van der Waals surface area contributed by atoms with Crippen molar-refractivity contribution in [1.29, 1.82) is 0 Å². The summed E-state index contributed by atoms with van der Waals surface area (Å²) in [6, 6.07) is 4.98. The first-order valence-electron chi connectivity index (χ1n) is 11.6. The van der Waals surface area contributed by atoms with Crippen molar-refractivity contribution in [2.45, 2.75) is 45.1 Å². The van der Waals surface area contributed by atoms with Crippen molar-refractivity contribution in [3.05, 3.63) is 53.5 Å². The molecule has 0 aromatic carbocycles. The Labute approximate surface area is 207 Å². The molecule has 0 radical (unpaired) electrons. The van der Waals surface area contributed by atoms with Gasteiger partial charge in [-0.15, -0.1) is 0 Å². The second-order valence-corrected chi connectivity index (χ2v) is 9.16. The molecule has 0 aliphatic carbocycles. The summed E-state index contributed by atoms with van der Waals surface area (Å²) in [6.07, 6.45) is 3.33. The Morgan fingerprint density at radius 2 is 2.06 bits per heavy atom. The molecule has 0 saturated carbocycles. The second-order valence-electron chi connectivity index (χ2n) is 9.16. The van der Waals surface area contributed by atoms with Gasteiger partial charge in [0.25, 0.3) is 0 Å². The molecule has 11 heteroatoms. The Hall–Kier alpha value is -3.63. The van der Waals surface area contributed by atoms with E-state index in [4.69, 9.17) is 4.74 Å². The summed E-state index contributed by atoms with van der Waals surface area (Å²) < 4.78 is 48.2. The summed E-state index contributed by atoms with van der Waals surface area (Å²) in [5, 5.41) is 3.34. The van der Waals surface area contributed by atoms with Crippen LogP contribution in [0.5, 0.6) is 5.88 Å². The minimum absolute atomic E-state index is 0.0315. The topological polar surface area (TPSA) is 85.2 Å². The van der Waals surface area contributed by atoms with E-state index in [2.05, 4.69) is 20.3 Å². The highest BCUT2D eigenvalue weighted by Gasteiger charge is 2.32. The van der Waals surface area contributed by atoms with Crippen LogP contribution in [-0.4, -0.2) is 56.6 Å². The first-order valence-corrected chi connectivity index (χ1v) is 11.6. The Morgan fingerprint density at radius 1 is 1.31 bits per heavy atom. The van der Waals surface area contributed by atoms with Gasteiger partial charge in [-0.2, -0.15) is 8.78 Å². The SMILES string of the molecule is COc1cc(C(C)C(=O)N2CC[C@H](Nc3ccc(-c4cn(C)c(C(C)(F)F)n4)c(C)n3)C2)c(F)cn1. The van der Waals surface area contributed by atoms with E-state index in [1.165, 1.54) is 24.8 Å². The van der Waals surface area contributed by atoms with E-state index in [1.807, 2.05) is 0 Å². The number of pyridine rings is 2. The van der Waals surface area contributed by atoms with Gasteiger partial charge in [0.1, 0.15) is 11.6 Å². The molecule has 3 aromatic heterocycles. The number of halogens is 3. The number of nitrogens with one attached hydrogen (secondary N) is 1. The molecular formula is C25H29F3N6O2. The average molecular weight is 503 g/mol. The minimum atomic E-state index is -3.05. The number of amides is 1. The highest BCUT2D eigenvalue weighted by Crippen LogP contribution is 2.31. The van der Waals surface area contributed by atoms with Gasteiger partial charge in [0.2, 0.25) is 11.8 Å². The number of nitrogens with zero attached hydrogens (tertiary/aromatic N) is 5. The third kappa shape index (κ3) is 5.14. The summed E-state index contributed by atoms with van der Waals surface area (Å²) in [7, 11) is 2.97. The second kappa shape index (κ2) is 9.79. The number of rotatable bonds is 7. The number of aryl methyl sites for hydroxylation is 2. The van der Waals surface area contributed by atoms with Gasteiger partial charge >= 0.3 is 5.92 Å². The van der Waals surface area contributed by atoms with Gasteiger partial charge in [-0.3, -0.25) is 4.79 Å². The Bertz CT molecular complexity index is 1270. The van der Waals surface area contributed by atoms with E-state index in [1.54, 1.807) is 37.1 Å². The van der Waals surface area contributed by atoms with E-state index < -0.39 is 17.7 Å². The van der Waals surface area contributed by atoms with E-state index in [-0.39, 0.29) is 29.2 Å². The van der Waals surface area contributed by atoms with Gasteiger partial charge < -0.3 is 19.5 Å². The molecule has 0 bridgehead atoms. The zero-order valence-electron chi connectivity index (χ0n) is 20.8. The number of carbonyl (C=O) groups is 1. The monoisotopic (exact) mass is 502 g/mol. The largest absolute Gasteiger partial charge is 0.481 e. The number of alkyl halides is 2. The van der Waals surface area contributed by atoms with Crippen LogP contribution < -0.4 is 10.1 Å².